The summed E-state index contributed by atoms with van der Waals surface area (Å²) < 4.78 is 4.57. The Morgan fingerprint density at radius 2 is 0.744 bits per heavy atom. The lowest BCUT2D eigenvalue weighted by atomic mass is 10.0. The molecule has 1 rings (SSSR count). The summed E-state index contributed by atoms with van der Waals surface area (Å²) >= 11 is 0. The SMILES string of the molecule is CCCCCCCCCCCCCCCCCCCCCCCCCCCCCCCCCCC=CC1CC(=O)OC1=O. The topological polar surface area (TPSA) is 43.4 Å². The second-order valence-electron chi connectivity index (χ2n) is 13.8. The highest BCUT2D eigenvalue weighted by Gasteiger charge is 2.30. The highest BCUT2D eigenvalue weighted by molar-refractivity contribution is 5.95. The highest BCUT2D eigenvalue weighted by atomic mass is 16.6. The molecule has 0 aromatic carbocycles. The van der Waals surface area contributed by atoms with Gasteiger partial charge < -0.3 is 4.74 Å². The van der Waals surface area contributed by atoms with Crippen LogP contribution in [0.15, 0.2) is 12.2 Å². The molecule has 0 bridgehead atoms. The van der Waals surface area contributed by atoms with Crippen molar-refractivity contribution in [2.75, 3.05) is 0 Å². The Labute approximate surface area is 269 Å². The number of hydrogen-bond donors (Lipinski definition) is 0. The number of allylic oxidation sites excluding steroid dienone is 1. The molecule has 0 aromatic rings. The van der Waals surface area contributed by atoms with Gasteiger partial charge in [-0.05, 0) is 12.8 Å². The van der Waals surface area contributed by atoms with E-state index in [9.17, 15) is 9.59 Å². The minimum Gasteiger partial charge on any atom is -0.393 e. The Morgan fingerprint density at radius 1 is 0.465 bits per heavy atom. The average molecular weight is 603 g/mol. The molecule has 0 radical (unpaired) electrons. The molecule has 0 N–H and O–H groups in total. The zero-order chi connectivity index (χ0) is 30.9. The molecule has 1 heterocycles. The molecule has 252 valence electrons. The van der Waals surface area contributed by atoms with Crippen molar-refractivity contribution in [3.05, 3.63) is 12.2 Å². The average Bonchev–Trinajstić information content (AvgIpc) is 3.33. The van der Waals surface area contributed by atoms with Gasteiger partial charge in [0.05, 0.1) is 12.3 Å². The quantitative estimate of drug-likeness (QED) is 0.0318. The van der Waals surface area contributed by atoms with Gasteiger partial charge in [-0.15, -0.1) is 0 Å². The number of carbonyl (C=O) groups is 2. The first-order valence-electron chi connectivity index (χ1n) is 19.6. The van der Waals surface area contributed by atoms with E-state index in [-0.39, 0.29) is 24.3 Å². The van der Waals surface area contributed by atoms with Crippen LogP contribution in [-0.4, -0.2) is 11.9 Å². The summed E-state index contributed by atoms with van der Waals surface area (Å²) in [6.45, 7) is 2.30. The third-order valence-corrected chi connectivity index (χ3v) is 9.50. The van der Waals surface area contributed by atoms with Crippen molar-refractivity contribution in [1.29, 1.82) is 0 Å². The lowest BCUT2D eigenvalue weighted by Crippen LogP contribution is -2.03. The Bertz CT molecular complexity index is 640. The van der Waals surface area contributed by atoms with Gasteiger partial charge in [0.2, 0.25) is 0 Å². The lowest BCUT2D eigenvalue weighted by Gasteiger charge is -2.05. The summed E-state index contributed by atoms with van der Waals surface area (Å²) in [6.07, 6.45) is 50.9. The van der Waals surface area contributed by atoms with E-state index in [0.29, 0.717) is 0 Å². The van der Waals surface area contributed by atoms with E-state index in [4.69, 9.17) is 0 Å². The summed E-state index contributed by atoms with van der Waals surface area (Å²) in [6, 6.07) is 0. The van der Waals surface area contributed by atoms with E-state index in [1.807, 2.05) is 12.2 Å². The molecule has 1 fully saturated rings. The first-order chi connectivity index (χ1) is 21.2. The number of ether oxygens (including phenoxy) is 1. The summed E-state index contributed by atoms with van der Waals surface area (Å²) in [5.41, 5.74) is 0. The molecule has 3 nitrogen and oxygen atoms in total. The van der Waals surface area contributed by atoms with E-state index < -0.39 is 0 Å². The van der Waals surface area contributed by atoms with E-state index in [2.05, 4.69) is 11.7 Å². The van der Waals surface area contributed by atoms with Crippen molar-refractivity contribution in [2.24, 2.45) is 5.92 Å². The highest BCUT2D eigenvalue weighted by Crippen LogP contribution is 2.19. The summed E-state index contributed by atoms with van der Waals surface area (Å²) in [5.74, 6) is -1.11. The normalized spacial score (nSPS) is 15.2. The molecule has 0 spiro atoms. The van der Waals surface area contributed by atoms with Crippen LogP contribution < -0.4 is 0 Å². The van der Waals surface area contributed by atoms with E-state index in [0.717, 1.165) is 6.42 Å². The summed E-state index contributed by atoms with van der Waals surface area (Å²) in [7, 11) is 0. The van der Waals surface area contributed by atoms with Crippen molar-refractivity contribution in [3.63, 3.8) is 0 Å². The fourth-order valence-electron chi connectivity index (χ4n) is 6.54. The van der Waals surface area contributed by atoms with Crippen molar-refractivity contribution in [2.45, 2.75) is 225 Å². The fourth-order valence-corrected chi connectivity index (χ4v) is 6.54. The number of unbranched alkanes of at least 4 members (excludes halogenated alkanes) is 32. The van der Waals surface area contributed by atoms with Gasteiger partial charge in [0.15, 0.2) is 0 Å². The number of rotatable bonds is 34. The molecule has 0 amide bonds. The van der Waals surface area contributed by atoms with Crippen LogP contribution in [0.2, 0.25) is 0 Å². The van der Waals surface area contributed by atoms with Crippen LogP contribution in [0.3, 0.4) is 0 Å². The maximum Gasteiger partial charge on any atom is 0.321 e. The first kappa shape index (κ1) is 39.9. The molecule has 1 saturated heterocycles. The van der Waals surface area contributed by atoms with Crippen LogP contribution in [0, 0.1) is 5.92 Å². The van der Waals surface area contributed by atoms with Crippen molar-refractivity contribution >= 4 is 11.9 Å². The van der Waals surface area contributed by atoms with E-state index in [1.165, 1.54) is 205 Å². The zero-order valence-corrected chi connectivity index (χ0v) is 29.0. The molecular weight excluding hydrogens is 528 g/mol. The third-order valence-electron chi connectivity index (χ3n) is 9.50. The fraction of sp³-hybridized carbons (Fsp3) is 0.900. The monoisotopic (exact) mass is 603 g/mol. The second-order valence-corrected chi connectivity index (χ2v) is 13.8. The minimum absolute atomic E-state index is 0.217. The summed E-state index contributed by atoms with van der Waals surface area (Å²) in [5, 5.41) is 0. The number of hydrogen-bond acceptors (Lipinski definition) is 3. The Hall–Kier alpha value is -1.12. The molecular formula is C40H74O3. The Morgan fingerprint density at radius 3 is 1.00 bits per heavy atom. The third kappa shape index (κ3) is 28.1. The smallest absolute Gasteiger partial charge is 0.321 e. The minimum atomic E-state index is -0.388. The van der Waals surface area contributed by atoms with Crippen molar-refractivity contribution in [1.82, 2.24) is 0 Å². The van der Waals surface area contributed by atoms with E-state index in [1.54, 1.807) is 0 Å². The van der Waals surface area contributed by atoms with Gasteiger partial charge in [0.25, 0.3) is 0 Å². The molecule has 0 saturated carbocycles. The van der Waals surface area contributed by atoms with Crippen molar-refractivity contribution < 1.29 is 14.3 Å². The molecule has 1 aliphatic rings. The zero-order valence-electron chi connectivity index (χ0n) is 29.0. The summed E-state index contributed by atoms with van der Waals surface area (Å²) in [4.78, 5) is 22.5. The molecule has 0 aliphatic carbocycles. The van der Waals surface area contributed by atoms with Crippen molar-refractivity contribution in [3.8, 4) is 0 Å². The first-order valence-corrected chi connectivity index (χ1v) is 19.6. The van der Waals surface area contributed by atoms with Crippen LogP contribution in [-0.2, 0) is 14.3 Å². The largest absolute Gasteiger partial charge is 0.393 e. The number of carbonyl (C=O) groups excluding carboxylic acids is 2. The van der Waals surface area contributed by atoms with E-state index >= 15 is 0 Å². The molecule has 3 heteroatoms. The Balaban J connectivity index is 1.64. The van der Waals surface area contributed by atoms with Crippen LogP contribution in [0.5, 0.6) is 0 Å². The van der Waals surface area contributed by atoms with Gasteiger partial charge in [-0.3, -0.25) is 9.59 Å². The molecule has 1 unspecified atom stereocenters. The van der Waals surface area contributed by atoms with Gasteiger partial charge >= 0.3 is 11.9 Å². The Kier molecular flexibility index (Phi) is 30.0. The van der Waals surface area contributed by atoms with Gasteiger partial charge in [-0.2, -0.15) is 0 Å². The van der Waals surface area contributed by atoms with Crippen LogP contribution in [0.1, 0.15) is 225 Å². The standard InChI is InChI=1S/C40H74O3/c1-2-3-4-5-6-7-8-9-10-11-12-13-14-15-16-17-18-19-20-21-22-23-24-25-26-27-28-29-30-31-32-33-34-35-36-38-37-39(41)43-40(38)42/h35-36,38H,2-34,37H2,1H3. The maximum absolute atomic E-state index is 11.4. The molecule has 0 aromatic heterocycles. The van der Waals surface area contributed by atoms with Gasteiger partial charge in [0, 0.05) is 0 Å². The molecule has 1 aliphatic heterocycles. The predicted molar refractivity (Wildman–Crippen MR) is 186 cm³/mol. The predicted octanol–water partition coefficient (Wildman–Crippen LogP) is 13.5. The number of esters is 2. The van der Waals surface area contributed by atoms with Crippen LogP contribution in [0.4, 0.5) is 0 Å². The molecule has 43 heavy (non-hydrogen) atoms. The molecule has 1 atom stereocenters. The second kappa shape index (κ2) is 32.3. The van der Waals surface area contributed by atoms with Gasteiger partial charge in [-0.1, -0.05) is 218 Å². The maximum atomic E-state index is 11.4. The van der Waals surface area contributed by atoms with Gasteiger partial charge in [0.1, 0.15) is 0 Å². The number of cyclic esters (lactones) is 2. The lowest BCUT2D eigenvalue weighted by molar-refractivity contribution is -0.152. The van der Waals surface area contributed by atoms with Gasteiger partial charge in [-0.25, -0.2) is 0 Å². The van der Waals surface area contributed by atoms with Crippen LogP contribution in [0.25, 0.3) is 0 Å². The van der Waals surface area contributed by atoms with Crippen LogP contribution >= 0.6 is 0 Å².